The average Bonchev–Trinajstić information content (AvgIpc) is 2.82. The molecular weight excluding hydrogens is 286 g/mol. The van der Waals surface area contributed by atoms with Crippen LogP contribution in [0.3, 0.4) is 0 Å². The van der Waals surface area contributed by atoms with Crippen molar-refractivity contribution < 1.29 is 8.78 Å². The number of rotatable bonds is 4. The Kier molecular flexibility index (Phi) is 4.55. The molecule has 1 aromatic carbocycles. The predicted molar refractivity (Wildman–Crippen MR) is 69.3 cm³/mol. The molecule has 1 fully saturated rings. The summed E-state index contributed by atoms with van der Waals surface area (Å²) in [5.41, 5.74) is 0.254. The van der Waals surface area contributed by atoms with Crippen molar-refractivity contribution in [3.63, 3.8) is 0 Å². The summed E-state index contributed by atoms with van der Waals surface area (Å²) in [5, 5.41) is 0.825. The number of hydrogen-bond acceptors (Lipinski definition) is 0. The van der Waals surface area contributed by atoms with Crippen LogP contribution in [0.5, 0.6) is 0 Å². The van der Waals surface area contributed by atoms with Gasteiger partial charge in [0.1, 0.15) is 11.6 Å². The van der Waals surface area contributed by atoms with Crippen LogP contribution < -0.4 is 0 Å². The van der Waals surface area contributed by atoms with Gasteiger partial charge in [0.05, 0.1) is 0 Å². The third-order valence-electron chi connectivity index (χ3n) is 3.79. The molecule has 0 bridgehead atoms. The van der Waals surface area contributed by atoms with Crippen LogP contribution in [-0.2, 0) is 6.42 Å². The minimum absolute atomic E-state index is 0.254. The molecular formula is C14H17BrF2. The summed E-state index contributed by atoms with van der Waals surface area (Å²) in [6.45, 7) is 0. The Morgan fingerprint density at radius 3 is 2.29 bits per heavy atom. The normalized spacial score (nSPS) is 18.5. The molecule has 1 atom stereocenters. The molecule has 0 amide bonds. The highest BCUT2D eigenvalue weighted by atomic mass is 79.9. The standard InChI is InChI=1S/C14H17BrF2/c15-9-11(10-4-1-2-5-10)8-12-13(16)6-3-7-14(12)17/h3,6-7,10-11H,1-2,4-5,8-9H2. The topological polar surface area (TPSA) is 0 Å². The fraction of sp³-hybridized carbons (Fsp3) is 0.571. The van der Waals surface area contributed by atoms with E-state index in [9.17, 15) is 8.78 Å². The summed E-state index contributed by atoms with van der Waals surface area (Å²) >= 11 is 3.49. The van der Waals surface area contributed by atoms with Gasteiger partial charge in [-0.05, 0) is 30.4 Å². The fourth-order valence-electron chi connectivity index (χ4n) is 2.77. The zero-order valence-corrected chi connectivity index (χ0v) is 11.3. The average molecular weight is 303 g/mol. The Morgan fingerprint density at radius 2 is 1.76 bits per heavy atom. The molecule has 3 heteroatoms. The van der Waals surface area contributed by atoms with E-state index in [0.29, 0.717) is 18.3 Å². The monoisotopic (exact) mass is 302 g/mol. The van der Waals surface area contributed by atoms with E-state index < -0.39 is 11.6 Å². The predicted octanol–water partition coefficient (Wildman–Crippen LogP) is 4.71. The molecule has 0 aliphatic heterocycles. The highest BCUT2D eigenvalue weighted by Gasteiger charge is 2.26. The smallest absolute Gasteiger partial charge is 0.129 e. The second-order valence-corrected chi connectivity index (χ2v) is 5.51. The number of benzene rings is 1. The van der Waals surface area contributed by atoms with E-state index in [2.05, 4.69) is 15.9 Å². The summed E-state index contributed by atoms with van der Waals surface area (Å²) < 4.78 is 27.2. The van der Waals surface area contributed by atoms with Crippen molar-refractivity contribution in [2.45, 2.75) is 32.1 Å². The van der Waals surface area contributed by atoms with Gasteiger partial charge in [-0.2, -0.15) is 0 Å². The van der Waals surface area contributed by atoms with Crippen molar-refractivity contribution in [2.75, 3.05) is 5.33 Å². The largest absolute Gasteiger partial charge is 0.207 e. The lowest BCUT2D eigenvalue weighted by Crippen LogP contribution is -2.17. The molecule has 0 saturated heterocycles. The lowest BCUT2D eigenvalue weighted by atomic mass is 9.87. The lowest BCUT2D eigenvalue weighted by Gasteiger charge is -2.21. The van der Waals surface area contributed by atoms with E-state index in [1.54, 1.807) is 0 Å². The van der Waals surface area contributed by atoms with Gasteiger partial charge in [-0.3, -0.25) is 0 Å². The van der Waals surface area contributed by atoms with Gasteiger partial charge in [-0.1, -0.05) is 47.7 Å². The van der Waals surface area contributed by atoms with Gasteiger partial charge in [0, 0.05) is 10.9 Å². The van der Waals surface area contributed by atoms with Crippen molar-refractivity contribution in [2.24, 2.45) is 11.8 Å². The maximum atomic E-state index is 13.6. The molecule has 0 aromatic heterocycles. The summed E-state index contributed by atoms with van der Waals surface area (Å²) in [6, 6.07) is 4.11. The minimum Gasteiger partial charge on any atom is -0.207 e. The zero-order valence-electron chi connectivity index (χ0n) is 9.76. The van der Waals surface area contributed by atoms with E-state index in [4.69, 9.17) is 0 Å². The number of alkyl halides is 1. The molecule has 0 nitrogen and oxygen atoms in total. The van der Waals surface area contributed by atoms with Crippen LogP contribution in [0.4, 0.5) is 8.78 Å². The minimum atomic E-state index is -0.408. The molecule has 1 aromatic rings. The summed E-state index contributed by atoms with van der Waals surface area (Å²) in [4.78, 5) is 0. The van der Waals surface area contributed by atoms with Crippen LogP contribution >= 0.6 is 15.9 Å². The molecule has 94 valence electrons. The van der Waals surface area contributed by atoms with Crippen molar-refractivity contribution in [3.8, 4) is 0 Å². The number of halogens is 3. The molecule has 17 heavy (non-hydrogen) atoms. The maximum absolute atomic E-state index is 13.6. The Hall–Kier alpha value is -0.440. The highest BCUT2D eigenvalue weighted by Crippen LogP contribution is 2.34. The molecule has 1 aliphatic rings. The van der Waals surface area contributed by atoms with Crippen molar-refractivity contribution in [1.29, 1.82) is 0 Å². The molecule has 0 heterocycles. The quantitative estimate of drug-likeness (QED) is 0.707. The summed E-state index contributed by atoms with van der Waals surface area (Å²) in [5.74, 6) is 0.153. The Bertz CT molecular complexity index is 352. The van der Waals surface area contributed by atoms with Crippen LogP contribution in [0, 0.1) is 23.5 Å². The molecule has 0 spiro atoms. The van der Waals surface area contributed by atoms with Crippen LogP contribution in [0.15, 0.2) is 18.2 Å². The van der Waals surface area contributed by atoms with Crippen molar-refractivity contribution >= 4 is 15.9 Å². The molecule has 0 N–H and O–H groups in total. The molecule has 2 rings (SSSR count). The summed E-state index contributed by atoms with van der Waals surface area (Å²) in [7, 11) is 0. The van der Waals surface area contributed by atoms with E-state index in [1.165, 1.54) is 43.9 Å². The fourth-order valence-corrected chi connectivity index (χ4v) is 3.52. The molecule has 0 radical (unpaired) electrons. The maximum Gasteiger partial charge on any atom is 0.129 e. The first-order valence-electron chi connectivity index (χ1n) is 6.21. The Balaban J connectivity index is 2.12. The zero-order chi connectivity index (χ0) is 12.3. The van der Waals surface area contributed by atoms with E-state index >= 15 is 0 Å². The second kappa shape index (κ2) is 5.94. The van der Waals surface area contributed by atoms with Gasteiger partial charge < -0.3 is 0 Å². The highest BCUT2D eigenvalue weighted by molar-refractivity contribution is 9.09. The first kappa shape index (κ1) is 13.0. The third-order valence-corrected chi connectivity index (χ3v) is 4.62. The van der Waals surface area contributed by atoms with Gasteiger partial charge in [0.2, 0.25) is 0 Å². The van der Waals surface area contributed by atoms with Gasteiger partial charge in [-0.25, -0.2) is 8.78 Å². The Labute approximate surface area is 110 Å². The lowest BCUT2D eigenvalue weighted by molar-refractivity contribution is 0.363. The Morgan fingerprint density at radius 1 is 1.18 bits per heavy atom. The summed E-state index contributed by atoms with van der Waals surface area (Å²) in [6.07, 6.45) is 5.43. The van der Waals surface area contributed by atoms with E-state index in [-0.39, 0.29) is 5.56 Å². The molecule has 1 saturated carbocycles. The first-order valence-corrected chi connectivity index (χ1v) is 7.33. The second-order valence-electron chi connectivity index (χ2n) is 4.86. The van der Waals surface area contributed by atoms with Crippen LogP contribution in [0.25, 0.3) is 0 Å². The van der Waals surface area contributed by atoms with Gasteiger partial charge in [0.15, 0.2) is 0 Å². The van der Waals surface area contributed by atoms with Crippen molar-refractivity contribution in [3.05, 3.63) is 35.4 Å². The van der Waals surface area contributed by atoms with E-state index in [0.717, 1.165) is 5.33 Å². The van der Waals surface area contributed by atoms with Gasteiger partial charge >= 0.3 is 0 Å². The van der Waals surface area contributed by atoms with Gasteiger partial charge in [-0.15, -0.1) is 0 Å². The van der Waals surface area contributed by atoms with Crippen LogP contribution in [0.2, 0.25) is 0 Å². The SMILES string of the molecule is Fc1cccc(F)c1CC(CBr)C1CCCC1. The molecule has 1 aliphatic carbocycles. The molecule has 1 unspecified atom stereocenters. The van der Waals surface area contributed by atoms with E-state index in [1.807, 2.05) is 0 Å². The van der Waals surface area contributed by atoms with Crippen LogP contribution in [-0.4, -0.2) is 5.33 Å². The number of hydrogen-bond donors (Lipinski definition) is 0. The van der Waals surface area contributed by atoms with Gasteiger partial charge in [0.25, 0.3) is 0 Å². The van der Waals surface area contributed by atoms with Crippen LogP contribution in [0.1, 0.15) is 31.2 Å². The van der Waals surface area contributed by atoms with Crippen molar-refractivity contribution in [1.82, 2.24) is 0 Å². The first-order chi connectivity index (χ1) is 8.22. The third kappa shape index (κ3) is 3.06.